The van der Waals surface area contributed by atoms with Gasteiger partial charge >= 0.3 is 0 Å². The fourth-order valence-electron chi connectivity index (χ4n) is 0.829. The van der Waals surface area contributed by atoms with Crippen LogP contribution in [0.15, 0.2) is 16.8 Å². The summed E-state index contributed by atoms with van der Waals surface area (Å²) < 4.78 is 0. The monoisotopic (exact) mass is 183 g/mol. The summed E-state index contributed by atoms with van der Waals surface area (Å²) in [4.78, 5) is 0. The Labute approximate surface area is 75.0 Å². The van der Waals surface area contributed by atoms with Gasteiger partial charge in [0.05, 0.1) is 0 Å². The Morgan fingerprint density at radius 2 is 2.55 bits per heavy atom. The van der Waals surface area contributed by atoms with Crippen molar-refractivity contribution in [3.05, 3.63) is 22.4 Å². The maximum atomic E-state index is 8.24. The van der Waals surface area contributed by atoms with Crippen LogP contribution < -0.4 is 0 Å². The van der Waals surface area contributed by atoms with Crippen LogP contribution in [0.3, 0.4) is 0 Å². The maximum absolute atomic E-state index is 8.24. The number of nitriles is 1. The van der Waals surface area contributed by atoms with Crippen molar-refractivity contribution >= 4 is 23.1 Å². The Balaban J connectivity index is 2.10. The summed E-state index contributed by atoms with van der Waals surface area (Å²) in [5, 5.41) is 14.6. The number of thiophene rings is 1. The Morgan fingerprint density at radius 1 is 1.64 bits per heavy atom. The van der Waals surface area contributed by atoms with Crippen molar-refractivity contribution in [3.8, 4) is 5.40 Å². The van der Waals surface area contributed by atoms with E-state index in [9.17, 15) is 0 Å². The van der Waals surface area contributed by atoms with Gasteiger partial charge in [-0.15, -0.1) is 0 Å². The van der Waals surface area contributed by atoms with Crippen molar-refractivity contribution in [2.45, 2.75) is 12.8 Å². The molecular weight excluding hydrogens is 174 g/mol. The highest BCUT2D eigenvalue weighted by Crippen LogP contribution is 2.10. The highest BCUT2D eigenvalue weighted by atomic mass is 32.2. The minimum atomic E-state index is 0.951. The molecule has 0 aliphatic heterocycles. The van der Waals surface area contributed by atoms with Crippen LogP contribution in [0.4, 0.5) is 0 Å². The van der Waals surface area contributed by atoms with Gasteiger partial charge in [-0.05, 0) is 47.0 Å². The van der Waals surface area contributed by atoms with Crippen LogP contribution in [0, 0.1) is 10.7 Å². The van der Waals surface area contributed by atoms with Crippen molar-refractivity contribution in [2.24, 2.45) is 0 Å². The standard InChI is InChI=1S/C8H9NS2/c9-7-11-4-1-2-8-3-5-10-6-8/h3,5-6H,1-2,4H2. The van der Waals surface area contributed by atoms with E-state index in [-0.39, 0.29) is 0 Å². The lowest BCUT2D eigenvalue weighted by molar-refractivity contribution is 0.940. The summed E-state index contributed by atoms with van der Waals surface area (Å²) in [6.07, 6.45) is 2.22. The summed E-state index contributed by atoms with van der Waals surface area (Å²) in [6.45, 7) is 0. The van der Waals surface area contributed by atoms with Gasteiger partial charge in [-0.3, -0.25) is 0 Å². The molecule has 0 saturated carbocycles. The molecular formula is C8H9NS2. The van der Waals surface area contributed by atoms with Crippen molar-refractivity contribution in [1.29, 1.82) is 5.26 Å². The molecule has 11 heavy (non-hydrogen) atoms. The summed E-state index contributed by atoms with van der Waals surface area (Å²) >= 11 is 3.07. The van der Waals surface area contributed by atoms with E-state index in [1.165, 1.54) is 17.3 Å². The first-order chi connectivity index (χ1) is 5.43. The number of thioether (sulfide) groups is 1. The summed E-state index contributed by atoms with van der Waals surface area (Å²) in [7, 11) is 0. The van der Waals surface area contributed by atoms with E-state index in [1.54, 1.807) is 11.3 Å². The highest BCUT2D eigenvalue weighted by Gasteiger charge is 1.92. The van der Waals surface area contributed by atoms with Crippen LogP contribution in [0.25, 0.3) is 0 Å². The van der Waals surface area contributed by atoms with Crippen molar-refractivity contribution < 1.29 is 0 Å². The van der Waals surface area contributed by atoms with E-state index in [0.717, 1.165) is 18.6 Å². The van der Waals surface area contributed by atoms with Crippen molar-refractivity contribution in [1.82, 2.24) is 0 Å². The summed E-state index contributed by atoms with van der Waals surface area (Å²) in [5.41, 5.74) is 1.40. The van der Waals surface area contributed by atoms with Gasteiger partial charge in [-0.25, -0.2) is 0 Å². The lowest BCUT2D eigenvalue weighted by atomic mass is 10.2. The predicted molar refractivity (Wildman–Crippen MR) is 50.7 cm³/mol. The molecule has 0 atom stereocenters. The van der Waals surface area contributed by atoms with Gasteiger partial charge in [0, 0.05) is 5.75 Å². The van der Waals surface area contributed by atoms with Gasteiger partial charge in [-0.2, -0.15) is 16.6 Å². The molecule has 0 bridgehead atoms. The van der Waals surface area contributed by atoms with E-state index in [2.05, 4.69) is 22.2 Å². The number of hydrogen-bond acceptors (Lipinski definition) is 3. The largest absolute Gasteiger partial charge is 0.185 e. The number of aryl methyl sites for hydroxylation is 1. The summed E-state index contributed by atoms with van der Waals surface area (Å²) in [5.74, 6) is 0.951. The first-order valence-corrected chi connectivity index (χ1v) is 5.38. The molecule has 1 heterocycles. The maximum Gasteiger partial charge on any atom is 0.133 e. The first-order valence-electron chi connectivity index (χ1n) is 3.45. The molecule has 0 aliphatic carbocycles. The molecule has 0 N–H and O–H groups in total. The minimum Gasteiger partial charge on any atom is -0.185 e. The normalized spacial score (nSPS) is 9.36. The molecule has 3 heteroatoms. The van der Waals surface area contributed by atoms with Crippen molar-refractivity contribution in [3.63, 3.8) is 0 Å². The second-order valence-corrected chi connectivity index (χ2v) is 3.83. The van der Waals surface area contributed by atoms with Gasteiger partial charge < -0.3 is 0 Å². The van der Waals surface area contributed by atoms with Gasteiger partial charge in [0.2, 0.25) is 0 Å². The first kappa shape index (κ1) is 8.63. The highest BCUT2D eigenvalue weighted by molar-refractivity contribution is 8.03. The lowest BCUT2D eigenvalue weighted by Gasteiger charge is -1.92. The Bertz CT molecular complexity index is 223. The minimum absolute atomic E-state index is 0.951. The Hall–Kier alpha value is -0.460. The van der Waals surface area contributed by atoms with Gasteiger partial charge in [0.1, 0.15) is 5.40 Å². The molecule has 0 spiro atoms. The van der Waals surface area contributed by atoms with Crippen LogP contribution in [0.5, 0.6) is 0 Å². The van der Waals surface area contributed by atoms with Crippen molar-refractivity contribution in [2.75, 3.05) is 5.75 Å². The molecule has 1 aromatic heterocycles. The lowest BCUT2D eigenvalue weighted by Crippen LogP contribution is -1.83. The Morgan fingerprint density at radius 3 is 3.18 bits per heavy atom. The number of hydrogen-bond donors (Lipinski definition) is 0. The van der Waals surface area contributed by atoms with E-state index in [1.807, 2.05) is 0 Å². The van der Waals surface area contributed by atoms with Crippen LogP contribution in [0.2, 0.25) is 0 Å². The molecule has 58 valence electrons. The van der Waals surface area contributed by atoms with Gasteiger partial charge in [0.15, 0.2) is 0 Å². The third-order valence-electron chi connectivity index (χ3n) is 1.36. The third-order valence-corrected chi connectivity index (χ3v) is 2.71. The van der Waals surface area contributed by atoms with E-state index >= 15 is 0 Å². The second-order valence-electron chi connectivity index (χ2n) is 2.17. The second kappa shape index (κ2) is 5.22. The molecule has 1 rings (SSSR count). The zero-order valence-electron chi connectivity index (χ0n) is 6.12. The fourth-order valence-corrected chi connectivity index (χ4v) is 1.91. The summed E-state index contributed by atoms with van der Waals surface area (Å²) in [6, 6.07) is 2.14. The quantitative estimate of drug-likeness (QED) is 0.529. The SMILES string of the molecule is N#CSCCCc1ccsc1. The van der Waals surface area contributed by atoms with Crippen LogP contribution >= 0.6 is 23.1 Å². The zero-order chi connectivity index (χ0) is 7.94. The number of nitrogens with zero attached hydrogens (tertiary/aromatic N) is 1. The number of thiocyanates is 1. The predicted octanol–water partition coefficient (Wildman–Crippen LogP) is 2.89. The molecule has 1 nitrogen and oxygen atoms in total. The molecule has 0 radical (unpaired) electrons. The van der Waals surface area contributed by atoms with E-state index in [4.69, 9.17) is 5.26 Å². The molecule has 0 saturated heterocycles. The van der Waals surface area contributed by atoms with Crippen LogP contribution in [-0.2, 0) is 6.42 Å². The van der Waals surface area contributed by atoms with Crippen LogP contribution in [-0.4, -0.2) is 5.75 Å². The van der Waals surface area contributed by atoms with E-state index < -0.39 is 0 Å². The average molecular weight is 183 g/mol. The third kappa shape index (κ3) is 3.45. The average Bonchev–Trinajstić information content (AvgIpc) is 2.50. The van der Waals surface area contributed by atoms with Gasteiger partial charge in [-0.1, -0.05) is 0 Å². The van der Waals surface area contributed by atoms with E-state index in [0.29, 0.717) is 0 Å². The fraction of sp³-hybridized carbons (Fsp3) is 0.375. The Kier molecular flexibility index (Phi) is 4.10. The smallest absolute Gasteiger partial charge is 0.133 e. The van der Waals surface area contributed by atoms with Gasteiger partial charge in [0.25, 0.3) is 0 Å². The molecule has 1 aromatic rings. The molecule has 0 fully saturated rings. The molecule has 0 amide bonds. The number of rotatable bonds is 4. The molecule has 0 aliphatic rings. The molecule has 0 unspecified atom stereocenters. The topological polar surface area (TPSA) is 23.8 Å². The molecule has 0 aromatic carbocycles. The zero-order valence-corrected chi connectivity index (χ0v) is 7.75. The van der Waals surface area contributed by atoms with Crippen LogP contribution in [0.1, 0.15) is 12.0 Å².